The van der Waals surface area contributed by atoms with Crippen molar-refractivity contribution in [2.75, 3.05) is 39.4 Å². The van der Waals surface area contributed by atoms with Crippen LogP contribution in [0.2, 0.25) is 0 Å². The number of primary amides is 1. The van der Waals surface area contributed by atoms with Gasteiger partial charge in [-0.15, -0.1) is 0 Å². The highest BCUT2D eigenvalue weighted by Crippen LogP contribution is 1.93. The Morgan fingerprint density at radius 1 is 1.22 bits per heavy atom. The molecular weight excluding hydrogens is 246 g/mol. The van der Waals surface area contributed by atoms with Gasteiger partial charge in [-0.1, -0.05) is 0 Å². The Hall–Kier alpha value is -1.71. The first-order valence-corrected chi connectivity index (χ1v) is 5.11. The number of rotatable bonds is 2. The highest BCUT2D eigenvalue weighted by molar-refractivity contribution is 6.27. The average Bonchev–Trinajstić information content (AvgIpc) is 2.32. The largest absolute Gasteiger partial charge is 0.473 e. The van der Waals surface area contributed by atoms with Crippen LogP contribution in [0.4, 0.5) is 0 Å². The minimum Gasteiger partial charge on any atom is -0.473 e. The normalized spacial score (nSPS) is 14.3. The molecule has 9 heteroatoms. The second kappa shape index (κ2) is 13.4. The van der Waals surface area contributed by atoms with Gasteiger partial charge in [0.25, 0.3) is 0 Å². The number of nitrogens with zero attached hydrogens (tertiary/aromatic N) is 1. The summed E-state index contributed by atoms with van der Waals surface area (Å²) in [6.07, 6.45) is 0.250. The first-order chi connectivity index (χ1) is 8.49. The number of amides is 1. The van der Waals surface area contributed by atoms with E-state index in [-0.39, 0.29) is 6.41 Å². The third-order valence-electron chi connectivity index (χ3n) is 1.73. The van der Waals surface area contributed by atoms with Crippen LogP contribution in [0.1, 0.15) is 0 Å². The van der Waals surface area contributed by atoms with Crippen LogP contribution >= 0.6 is 0 Å². The third kappa shape index (κ3) is 14.3. The molecular formula is C9H19N3O6. The molecule has 1 saturated heterocycles. The van der Waals surface area contributed by atoms with E-state index in [2.05, 4.69) is 10.6 Å². The molecule has 0 aromatic rings. The van der Waals surface area contributed by atoms with Crippen molar-refractivity contribution in [2.24, 2.45) is 11.5 Å². The summed E-state index contributed by atoms with van der Waals surface area (Å²) in [4.78, 5) is 29.1. The third-order valence-corrected chi connectivity index (χ3v) is 1.73. The standard InChI is InChI=1S/C6H14N2O.C2H2O4.CH3NO/c7-1-2-8-3-5-9-6-4-8;3-1(4)2(5)6;2-1-3/h1-7H2;(H,3,4)(H,5,6);1H,(H2,2,3). The molecule has 9 nitrogen and oxygen atoms in total. The van der Waals surface area contributed by atoms with Gasteiger partial charge in [-0.2, -0.15) is 0 Å². The van der Waals surface area contributed by atoms with Crippen molar-refractivity contribution in [2.45, 2.75) is 0 Å². The molecule has 1 aliphatic heterocycles. The van der Waals surface area contributed by atoms with Crippen LogP contribution in [-0.4, -0.2) is 72.9 Å². The smallest absolute Gasteiger partial charge is 0.414 e. The summed E-state index contributed by atoms with van der Waals surface area (Å²) >= 11 is 0. The monoisotopic (exact) mass is 265 g/mol. The van der Waals surface area contributed by atoms with Crippen LogP contribution in [0, 0.1) is 0 Å². The summed E-state index contributed by atoms with van der Waals surface area (Å²) in [6.45, 7) is 5.64. The maximum Gasteiger partial charge on any atom is 0.414 e. The van der Waals surface area contributed by atoms with E-state index < -0.39 is 11.9 Å². The minimum atomic E-state index is -1.82. The van der Waals surface area contributed by atoms with Crippen molar-refractivity contribution < 1.29 is 29.3 Å². The van der Waals surface area contributed by atoms with Gasteiger partial charge in [0.1, 0.15) is 0 Å². The number of carboxylic acid groups (broad SMARTS) is 2. The maximum absolute atomic E-state index is 9.10. The van der Waals surface area contributed by atoms with Crippen LogP contribution in [0.5, 0.6) is 0 Å². The highest BCUT2D eigenvalue weighted by Gasteiger charge is 2.07. The molecule has 6 N–H and O–H groups in total. The van der Waals surface area contributed by atoms with Gasteiger partial charge in [0.2, 0.25) is 6.41 Å². The van der Waals surface area contributed by atoms with E-state index >= 15 is 0 Å². The Balaban J connectivity index is 0. The fourth-order valence-corrected chi connectivity index (χ4v) is 1.01. The van der Waals surface area contributed by atoms with Crippen molar-refractivity contribution in [3.63, 3.8) is 0 Å². The van der Waals surface area contributed by atoms with Crippen molar-refractivity contribution in [1.82, 2.24) is 4.90 Å². The van der Waals surface area contributed by atoms with E-state index in [1.54, 1.807) is 0 Å². The molecule has 106 valence electrons. The summed E-state index contributed by atoms with van der Waals surface area (Å²) in [6, 6.07) is 0. The molecule has 18 heavy (non-hydrogen) atoms. The van der Waals surface area contributed by atoms with Crippen LogP contribution in [-0.2, 0) is 19.1 Å². The average molecular weight is 265 g/mol. The van der Waals surface area contributed by atoms with E-state index in [0.717, 1.165) is 39.4 Å². The Morgan fingerprint density at radius 3 is 1.89 bits per heavy atom. The fourth-order valence-electron chi connectivity index (χ4n) is 1.01. The number of nitrogens with two attached hydrogens (primary N) is 2. The van der Waals surface area contributed by atoms with Crippen LogP contribution in [0.3, 0.4) is 0 Å². The van der Waals surface area contributed by atoms with E-state index in [4.69, 9.17) is 35.1 Å². The topological polar surface area (TPSA) is 156 Å². The summed E-state index contributed by atoms with van der Waals surface area (Å²) in [7, 11) is 0. The van der Waals surface area contributed by atoms with E-state index in [1.807, 2.05) is 0 Å². The fraction of sp³-hybridized carbons (Fsp3) is 0.667. The molecule has 0 atom stereocenters. The second-order valence-corrected chi connectivity index (χ2v) is 2.99. The molecule has 0 spiro atoms. The number of hydrogen-bond acceptors (Lipinski definition) is 6. The van der Waals surface area contributed by atoms with Gasteiger partial charge < -0.3 is 26.4 Å². The molecule has 0 aliphatic carbocycles. The number of carboxylic acids is 2. The lowest BCUT2D eigenvalue weighted by Crippen LogP contribution is -2.39. The van der Waals surface area contributed by atoms with Crippen molar-refractivity contribution in [1.29, 1.82) is 0 Å². The lowest BCUT2D eigenvalue weighted by atomic mass is 10.4. The van der Waals surface area contributed by atoms with Gasteiger partial charge >= 0.3 is 11.9 Å². The van der Waals surface area contributed by atoms with Gasteiger partial charge in [-0.05, 0) is 0 Å². The molecule has 1 amide bonds. The first-order valence-electron chi connectivity index (χ1n) is 5.11. The lowest BCUT2D eigenvalue weighted by Gasteiger charge is -2.25. The summed E-state index contributed by atoms with van der Waals surface area (Å²) < 4.78 is 5.16. The van der Waals surface area contributed by atoms with Gasteiger partial charge in [0.05, 0.1) is 13.2 Å². The zero-order valence-electron chi connectivity index (χ0n) is 9.95. The zero-order valence-corrected chi connectivity index (χ0v) is 9.95. The molecule has 0 aromatic heterocycles. The predicted molar refractivity (Wildman–Crippen MR) is 61.8 cm³/mol. The number of morpholine rings is 1. The molecule has 0 saturated carbocycles. The maximum atomic E-state index is 9.10. The van der Waals surface area contributed by atoms with Crippen molar-refractivity contribution in [3.8, 4) is 0 Å². The number of carbonyl (C=O) groups excluding carboxylic acids is 1. The molecule has 1 heterocycles. The summed E-state index contributed by atoms with van der Waals surface area (Å²) in [5, 5.41) is 14.8. The Labute approximate surface area is 104 Å². The Bertz CT molecular complexity index is 228. The van der Waals surface area contributed by atoms with Crippen molar-refractivity contribution >= 4 is 18.3 Å². The van der Waals surface area contributed by atoms with Crippen LogP contribution < -0.4 is 11.5 Å². The zero-order chi connectivity index (χ0) is 14.4. The summed E-state index contributed by atoms with van der Waals surface area (Å²) in [5.74, 6) is -3.65. The molecule has 0 aromatic carbocycles. The second-order valence-electron chi connectivity index (χ2n) is 2.99. The van der Waals surface area contributed by atoms with Crippen LogP contribution in [0.25, 0.3) is 0 Å². The molecule has 1 rings (SSSR count). The Morgan fingerprint density at radius 2 is 1.61 bits per heavy atom. The predicted octanol–water partition coefficient (Wildman–Crippen LogP) is -2.47. The molecule has 1 fully saturated rings. The lowest BCUT2D eigenvalue weighted by molar-refractivity contribution is -0.159. The number of carbonyl (C=O) groups is 3. The SMILES string of the molecule is NC=O.NCCN1CCOCC1.O=C(O)C(=O)O. The van der Waals surface area contributed by atoms with Gasteiger partial charge in [-0.25, -0.2) is 9.59 Å². The van der Waals surface area contributed by atoms with Crippen LogP contribution in [0.15, 0.2) is 0 Å². The number of aliphatic carboxylic acids is 2. The molecule has 0 unspecified atom stereocenters. The Kier molecular flexibility index (Phi) is 13.8. The van der Waals surface area contributed by atoms with E-state index in [1.165, 1.54) is 0 Å². The van der Waals surface area contributed by atoms with Gasteiger partial charge in [0, 0.05) is 26.2 Å². The minimum absolute atomic E-state index is 0.250. The van der Waals surface area contributed by atoms with Gasteiger partial charge in [-0.3, -0.25) is 9.69 Å². The summed E-state index contributed by atoms with van der Waals surface area (Å²) in [5.41, 5.74) is 9.54. The molecule has 1 aliphatic rings. The van der Waals surface area contributed by atoms with Crippen molar-refractivity contribution in [3.05, 3.63) is 0 Å². The number of hydrogen-bond donors (Lipinski definition) is 4. The molecule has 0 radical (unpaired) electrons. The van der Waals surface area contributed by atoms with Gasteiger partial charge in [0.15, 0.2) is 0 Å². The quantitative estimate of drug-likeness (QED) is 0.316. The molecule has 0 bridgehead atoms. The van der Waals surface area contributed by atoms with E-state index in [0.29, 0.717) is 0 Å². The highest BCUT2D eigenvalue weighted by atomic mass is 16.5. The number of ether oxygens (including phenoxy) is 1. The first kappa shape index (κ1) is 18.6. The van der Waals surface area contributed by atoms with E-state index in [9.17, 15) is 0 Å².